The molecule has 0 aliphatic carbocycles. The second-order valence-corrected chi connectivity index (χ2v) is 3.79. The van der Waals surface area contributed by atoms with Gasteiger partial charge in [0.1, 0.15) is 5.92 Å². The molecular weight excluding hydrogens is 236 g/mol. The second-order valence-electron chi connectivity index (χ2n) is 3.79. The van der Waals surface area contributed by atoms with Crippen molar-refractivity contribution in [2.24, 2.45) is 7.05 Å². The Morgan fingerprint density at radius 3 is 3.00 bits per heavy atom. The quantitative estimate of drug-likeness (QED) is 0.756. The fourth-order valence-corrected chi connectivity index (χ4v) is 1.45. The molecule has 1 unspecified atom stereocenters. The summed E-state index contributed by atoms with van der Waals surface area (Å²) in [5.41, 5.74) is 0. The minimum atomic E-state index is -0.577. The van der Waals surface area contributed by atoms with Crippen LogP contribution in [0.4, 0.5) is 0 Å². The maximum Gasteiger partial charge on any atom is 0.318 e. The third kappa shape index (κ3) is 2.24. The third-order valence-corrected chi connectivity index (χ3v) is 2.47. The van der Waals surface area contributed by atoms with Gasteiger partial charge in [-0.25, -0.2) is 4.98 Å². The van der Waals surface area contributed by atoms with Crippen molar-refractivity contribution in [2.75, 3.05) is 6.61 Å². The fourth-order valence-electron chi connectivity index (χ4n) is 1.45. The lowest BCUT2D eigenvalue weighted by Crippen LogP contribution is -2.13. The molecule has 0 radical (unpaired) electrons. The average Bonchev–Trinajstić information content (AvgIpc) is 2.96. The molecule has 0 saturated heterocycles. The van der Waals surface area contributed by atoms with E-state index in [1.165, 1.54) is 0 Å². The van der Waals surface area contributed by atoms with Gasteiger partial charge in [-0.15, -0.1) is 0 Å². The molecule has 1 atom stereocenters. The molecule has 2 aromatic rings. The highest BCUT2D eigenvalue weighted by Crippen LogP contribution is 2.19. The number of aromatic nitrogens is 4. The number of rotatable bonds is 4. The first-order valence-electron chi connectivity index (χ1n) is 5.61. The monoisotopic (exact) mass is 250 g/mol. The van der Waals surface area contributed by atoms with Crippen molar-refractivity contribution >= 4 is 5.97 Å². The van der Waals surface area contributed by atoms with E-state index in [4.69, 9.17) is 9.26 Å². The predicted molar refractivity (Wildman–Crippen MR) is 61.5 cm³/mol. The second kappa shape index (κ2) is 4.99. The van der Waals surface area contributed by atoms with Gasteiger partial charge in [0.25, 0.3) is 0 Å². The van der Waals surface area contributed by atoms with Crippen LogP contribution in [0.15, 0.2) is 16.9 Å². The highest BCUT2D eigenvalue weighted by atomic mass is 16.5. The van der Waals surface area contributed by atoms with Crippen molar-refractivity contribution in [3.05, 3.63) is 18.3 Å². The molecule has 0 bridgehead atoms. The summed E-state index contributed by atoms with van der Waals surface area (Å²) in [4.78, 5) is 19.8. The van der Waals surface area contributed by atoms with Gasteiger partial charge in [-0.1, -0.05) is 5.16 Å². The lowest BCUT2D eigenvalue weighted by Gasteiger charge is -2.04. The number of imidazole rings is 1. The number of aryl methyl sites for hydroxylation is 1. The Labute approximate surface area is 104 Å². The van der Waals surface area contributed by atoms with E-state index in [-0.39, 0.29) is 11.9 Å². The van der Waals surface area contributed by atoms with Crippen molar-refractivity contribution in [3.8, 4) is 11.6 Å². The third-order valence-electron chi connectivity index (χ3n) is 2.47. The number of esters is 1. The maximum atomic E-state index is 11.5. The van der Waals surface area contributed by atoms with Crippen molar-refractivity contribution in [2.45, 2.75) is 19.8 Å². The van der Waals surface area contributed by atoms with Gasteiger partial charge in [-0.2, -0.15) is 4.98 Å². The lowest BCUT2D eigenvalue weighted by atomic mass is 10.2. The Bertz CT molecular complexity index is 546. The molecule has 7 heteroatoms. The number of hydrogen-bond acceptors (Lipinski definition) is 6. The van der Waals surface area contributed by atoms with E-state index in [2.05, 4.69) is 15.1 Å². The number of nitrogens with zero attached hydrogens (tertiary/aromatic N) is 4. The van der Waals surface area contributed by atoms with Crippen molar-refractivity contribution in [1.82, 2.24) is 19.7 Å². The summed E-state index contributed by atoms with van der Waals surface area (Å²) >= 11 is 0. The van der Waals surface area contributed by atoms with E-state index >= 15 is 0 Å². The molecule has 0 spiro atoms. The van der Waals surface area contributed by atoms with Gasteiger partial charge in [0.15, 0.2) is 5.82 Å². The number of hydrogen-bond donors (Lipinski definition) is 0. The van der Waals surface area contributed by atoms with Crippen LogP contribution < -0.4 is 0 Å². The Balaban J connectivity index is 2.21. The zero-order valence-corrected chi connectivity index (χ0v) is 10.5. The largest absolute Gasteiger partial charge is 0.465 e. The highest BCUT2D eigenvalue weighted by Gasteiger charge is 2.24. The first-order chi connectivity index (χ1) is 8.63. The van der Waals surface area contributed by atoms with Gasteiger partial charge in [0, 0.05) is 19.4 Å². The van der Waals surface area contributed by atoms with Gasteiger partial charge in [0.05, 0.1) is 6.61 Å². The fraction of sp³-hybridized carbons (Fsp3) is 0.455. The Kier molecular flexibility index (Phi) is 3.40. The van der Waals surface area contributed by atoms with E-state index < -0.39 is 5.92 Å². The molecule has 7 nitrogen and oxygen atoms in total. The van der Waals surface area contributed by atoms with Crippen LogP contribution in [-0.2, 0) is 16.6 Å². The average molecular weight is 250 g/mol. The molecule has 18 heavy (non-hydrogen) atoms. The molecule has 0 fully saturated rings. The van der Waals surface area contributed by atoms with Crippen LogP contribution in [-0.4, -0.2) is 32.3 Å². The van der Waals surface area contributed by atoms with Crippen molar-refractivity contribution < 1.29 is 14.1 Å². The van der Waals surface area contributed by atoms with E-state index in [1.807, 2.05) is 7.05 Å². The van der Waals surface area contributed by atoms with Gasteiger partial charge < -0.3 is 13.8 Å². The van der Waals surface area contributed by atoms with Crippen LogP contribution in [0, 0.1) is 0 Å². The first-order valence-corrected chi connectivity index (χ1v) is 5.61. The molecular formula is C11H14N4O3. The molecule has 2 aromatic heterocycles. The van der Waals surface area contributed by atoms with E-state index in [0.29, 0.717) is 18.3 Å². The Morgan fingerprint density at radius 2 is 2.39 bits per heavy atom. The summed E-state index contributed by atoms with van der Waals surface area (Å²) < 4.78 is 11.7. The molecule has 0 aliphatic heterocycles. The zero-order valence-electron chi connectivity index (χ0n) is 10.5. The molecule has 96 valence electrons. The molecule has 2 heterocycles. The molecule has 0 saturated carbocycles. The summed E-state index contributed by atoms with van der Waals surface area (Å²) in [7, 11) is 1.83. The summed E-state index contributed by atoms with van der Waals surface area (Å²) in [6, 6.07) is 0. The minimum Gasteiger partial charge on any atom is -0.465 e. The molecule has 0 aliphatic rings. The maximum absolute atomic E-state index is 11.5. The highest BCUT2D eigenvalue weighted by molar-refractivity contribution is 5.76. The first kappa shape index (κ1) is 12.3. The van der Waals surface area contributed by atoms with Crippen molar-refractivity contribution in [3.63, 3.8) is 0 Å². The standard InChI is InChI=1S/C11H14N4O3/c1-4-17-11(16)7(2)10-13-8(14-18-10)9-12-5-6-15(9)3/h5-7H,4H2,1-3H3. The number of carbonyl (C=O) groups is 1. The van der Waals surface area contributed by atoms with Crippen LogP contribution in [0.1, 0.15) is 25.7 Å². The van der Waals surface area contributed by atoms with Gasteiger partial charge >= 0.3 is 5.97 Å². The van der Waals surface area contributed by atoms with Gasteiger partial charge in [-0.05, 0) is 13.8 Å². The van der Waals surface area contributed by atoms with E-state index in [0.717, 1.165) is 0 Å². The summed E-state index contributed by atoms with van der Waals surface area (Å²) in [6.07, 6.45) is 3.42. The zero-order chi connectivity index (χ0) is 13.1. The van der Waals surface area contributed by atoms with Crippen LogP contribution in [0.25, 0.3) is 11.6 Å². The topological polar surface area (TPSA) is 83.0 Å². The van der Waals surface area contributed by atoms with Crippen LogP contribution in [0.3, 0.4) is 0 Å². The minimum absolute atomic E-state index is 0.228. The molecule has 0 amide bonds. The van der Waals surface area contributed by atoms with E-state index in [1.54, 1.807) is 30.8 Å². The summed E-state index contributed by atoms with van der Waals surface area (Å²) in [5, 5.41) is 3.81. The molecule has 0 aromatic carbocycles. The number of ether oxygens (including phenoxy) is 1. The number of carbonyl (C=O) groups excluding carboxylic acids is 1. The Hall–Kier alpha value is -2.18. The van der Waals surface area contributed by atoms with E-state index in [9.17, 15) is 4.79 Å². The van der Waals surface area contributed by atoms with Gasteiger partial charge in [0.2, 0.25) is 11.7 Å². The lowest BCUT2D eigenvalue weighted by molar-refractivity contribution is -0.145. The van der Waals surface area contributed by atoms with Crippen LogP contribution in [0.5, 0.6) is 0 Å². The van der Waals surface area contributed by atoms with Crippen LogP contribution >= 0.6 is 0 Å². The summed E-state index contributed by atoms with van der Waals surface area (Å²) in [6.45, 7) is 3.73. The van der Waals surface area contributed by atoms with Crippen molar-refractivity contribution in [1.29, 1.82) is 0 Å². The predicted octanol–water partition coefficient (Wildman–Crippen LogP) is 1.14. The summed E-state index contributed by atoms with van der Waals surface area (Å²) in [5.74, 6) is 0.208. The van der Waals surface area contributed by atoms with Crippen LogP contribution in [0.2, 0.25) is 0 Å². The van der Waals surface area contributed by atoms with Gasteiger partial charge in [-0.3, -0.25) is 4.79 Å². The normalized spacial score (nSPS) is 12.4. The molecule has 2 rings (SSSR count). The molecule has 0 N–H and O–H groups in total. The smallest absolute Gasteiger partial charge is 0.318 e. The SMILES string of the molecule is CCOC(=O)C(C)c1nc(-c2nccn2C)no1. The Morgan fingerprint density at radius 1 is 1.61 bits per heavy atom.